The molecule has 2 aromatic rings. The fourth-order valence-corrected chi connectivity index (χ4v) is 4.74. The highest BCUT2D eigenvalue weighted by atomic mass is 28.4. The molecule has 0 amide bonds. The van der Waals surface area contributed by atoms with Gasteiger partial charge < -0.3 is 9.05 Å². The maximum Gasteiger partial charge on any atom is 0.574 e. The Morgan fingerprint density at radius 2 is 1.08 bits per heavy atom. The molecule has 132 valence electrons. The minimum atomic E-state index is -3.08. The van der Waals surface area contributed by atoms with Crippen LogP contribution in [0.3, 0.4) is 0 Å². The summed E-state index contributed by atoms with van der Waals surface area (Å²) in [7, 11) is -3.08. The Balaban J connectivity index is 2.60. The van der Waals surface area contributed by atoms with Gasteiger partial charge in [0.1, 0.15) is 0 Å². The zero-order chi connectivity index (χ0) is 18.1. The molecule has 0 bridgehead atoms. The van der Waals surface area contributed by atoms with Gasteiger partial charge in [-0.3, -0.25) is 0 Å². The topological polar surface area (TPSA) is 43.2 Å². The van der Waals surface area contributed by atoms with Crippen molar-refractivity contribution in [2.75, 3.05) is 0 Å². The van der Waals surface area contributed by atoms with Crippen LogP contribution in [0.25, 0.3) is 0 Å². The molecule has 4 nitrogen and oxygen atoms in total. The molecule has 25 heavy (non-hydrogen) atoms. The van der Waals surface area contributed by atoms with E-state index in [1.165, 1.54) is 0 Å². The number of oxime groups is 2. The number of hydrogen-bond donors (Lipinski definition) is 0. The van der Waals surface area contributed by atoms with E-state index in [1.54, 1.807) is 0 Å². The minimum absolute atomic E-state index is 0.825. The highest BCUT2D eigenvalue weighted by molar-refractivity contribution is 6.92. The Labute approximate surface area is 151 Å². The summed E-state index contributed by atoms with van der Waals surface area (Å²) in [4.78, 5) is 0. The van der Waals surface area contributed by atoms with Gasteiger partial charge in [0.05, 0.1) is 11.4 Å². The van der Waals surface area contributed by atoms with Crippen molar-refractivity contribution in [3.05, 3.63) is 60.7 Å². The molecular formula is C20H26N2O2Si. The van der Waals surface area contributed by atoms with Crippen LogP contribution >= 0.6 is 0 Å². The first-order valence-corrected chi connectivity index (χ1v) is 10.5. The summed E-state index contributed by atoms with van der Waals surface area (Å²) in [5.41, 5.74) is 1.84. The monoisotopic (exact) mass is 354 g/mol. The smallest absolute Gasteiger partial charge is 0.398 e. The van der Waals surface area contributed by atoms with E-state index in [4.69, 9.17) is 9.05 Å². The van der Waals surface area contributed by atoms with Gasteiger partial charge in [0.15, 0.2) is 0 Å². The van der Waals surface area contributed by atoms with E-state index in [2.05, 4.69) is 24.2 Å². The van der Waals surface area contributed by atoms with Crippen molar-refractivity contribution < 1.29 is 9.05 Å². The van der Waals surface area contributed by atoms with E-state index >= 15 is 0 Å². The van der Waals surface area contributed by atoms with Crippen LogP contribution in [-0.2, 0) is 9.05 Å². The number of hydrogen-bond acceptors (Lipinski definition) is 4. The summed E-state index contributed by atoms with van der Waals surface area (Å²) in [6.45, 7) is 8.01. The lowest BCUT2D eigenvalue weighted by atomic mass is 10.3. The van der Waals surface area contributed by atoms with E-state index in [1.807, 2.05) is 74.5 Å². The van der Waals surface area contributed by atoms with Crippen LogP contribution in [0.4, 0.5) is 0 Å². The second kappa shape index (κ2) is 9.18. The zero-order valence-corrected chi connectivity index (χ0v) is 16.4. The van der Waals surface area contributed by atoms with Crippen LogP contribution in [0.1, 0.15) is 40.5 Å². The molecule has 0 atom stereocenters. The predicted octanol–water partition coefficient (Wildman–Crippen LogP) is 3.85. The lowest BCUT2D eigenvalue weighted by molar-refractivity contribution is 0.205. The number of benzene rings is 2. The third kappa shape index (κ3) is 4.79. The molecule has 0 radical (unpaired) electrons. The predicted molar refractivity (Wildman–Crippen MR) is 107 cm³/mol. The average molecular weight is 355 g/mol. The molecule has 0 aliphatic heterocycles. The normalized spacial score (nSPS) is 12.8. The van der Waals surface area contributed by atoms with Crippen molar-refractivity contribution in [3.63, 3.8) is 0 Å². The van der Waals surface area contributed by atoms with Gasteiger partial charge in [-0.05, 0) is 26.7 Å². The minimum Gasteiger partial charge on any atom is -0.398 e. The van der Waals surface area contributed by atoms with Gasteiger partial charge in [-0.1, -0.05) is 74.5 Å². The Kier molecular flexibility index (Phi) is 6.95. The Bertz CT molecular complexity index is 651. The van der Waals surface area contributed by atoms with Crippen molar-refractivity contribution in [1.82, 2.24) is 0 Å². The summed E-state index contributed by atoms with van der Waals surface area (Å²) in [5, 5.41) is 10.7. The van der Waals surface area contributed by atoms with Crippen LogP contribution in [0.15, 0.2) is 71.0 Å². The molecule has 0 fully saturated rings. The van der Waals surface area contributed by atoms with Crippen molar-refractivity contribution in [1.29, 1.82) is 0 Å². The maximum absolute atomic E-state index is 6.15. The fourth-order valence-electron chi connectivity index (χ4n) is 2.12. The number of nitrogens with zero attached hydrogens (tertiary/aromatic N) is 2. The molecule has 0 aliphatic carbocycles. The summed E-state index contributed by atoms with van der Waals surface area (Å²) in [6, 6.07) is 20.0. The highest BCUT2D eigenvalue weighted by Gasteiger charge is 2.49. The largest absolute Gasteiger partial charge is 0.574 e. The molecule has 0 saturated heterocycles. The van der Waals surface area contributed by atoms with E-state index in [0.717, 1.165) is 34.6 Å². The highest BCUT2D eigenvalue weighted by Crippen LogP contribution is 2.12. The third-order valence-corrected chi connectivity index (χ3v) is 6.87. The van der Waals surface area contributed by atoms with Gasteiger partial charge >= 0.3 is 8.56 Å². The first-order valence-electron chi connectivity index (χ1n) is 8.66. The van der Waals surface area contributed by atoms with E-state index < -0.39 is 8.56 Å². The molecule has 5 heteroatoms. The van der Waals surface area contributed by atoms with Crippen LogP contribution in [0, 0.1) is 0 Å². The second-order valence-electron chi connectivity index (χ2n) is 5.89. The van der Waals surface area contributed by atoms with Gasteiger partial charge in [0, 0.05) is 10.4 Å². The Morgan fingerprint density at radius 1 is 0.720 bits per heavy atom. The number of rotatable bonds is 8. The van der Waals surface area contributed by atoms with Gasteiger partial charge in [-0.25, -0.2) is 0 Å². The van der Waals surface area contributed by atoms with Crippen molar-refractivity contribution >= 4 is 30.4 Å². The molecule has 0 spiro atoms. The molecule has 0 aromatic heterocycles. The fraction of sp³-hybridized carbons (Fsp3) is 0.300. The Hall–Kier alpha value is -2.40. The first kappa shape index (κ1) is 18.9. The quantitative estimate of drug-likeness (QED) is 0.410. The lowest BCUT2D eigenvalue weighted by Gasteiger charge is -2.26. The summed E-state index contributed by atoms with van der Waals surface area (Å²) in [6.07, 6.45) is 1.65. The van der Waals surface area contributed by atoms with Gasteiger partial charge in [-0.15, -0.1) is 10.3 Å². The van der Waals surface area contributed by atoms with E-state index in [-0.39, 0.29) is 0 Å². The second-order valence-corrected chi connectivity index (χ2v) is 8.64. The van der Waals surface area contributed by atoms with Crippen LogP contribution < -0.4 is 10.4 Å². The van der Waals surface area contributed by atoms with Gasteiger partial charge in [-0.2, -0.15) is 0 Å². The van der Waals surface area contributed by atoms with Crippen molar-refractivity contribution in [2.45, 2.75) is 40.5 Å². The zero-order valence-electron chi connectivity index (χ0n) is 15.4. The van der Waals surface area contributed by atoms with E-state index in [0.29, 0.717) is 0 Å². The van der Waals surface area contributed by atoms with Crippen LogP contribution in [0.2, 0.25) is 0 Å². The molecular weight excluding hydrogens is 328 g/mol. The third-order valence-electron chi connectivity index (χ3n) is 3.99. The summed E-state index contributed by atoms with van der Waals surface area (Å²) < 4.78 is 12.3. The first-order chi connectivity index (χ1) is 12.1. The maximum atomic E-state index is 6.15. The van der Waals surface area contributed by atoms with Crippen LogP contribution in [0.5, 0.6) is 0 Å². The van der Waals surface area contributed by atoms with E-state index in [9.17, 15) is 0 Å². The van der Waals surface area contributed by atoms with Gasteiger partial charge in [0.2, 0.25) is 0 Å². The summed E-state index contributed by atoms with van der Waals surface area (Å²) >= 11 is 0. The molecule has 0 heterocycles. The SMILES string of the molecule is CCC(C)=NO[Si](ON=C(C)CC)(c1ccccc1)c1ccccc1. The lowest BCUT2D eigenvalue weighted by Crippen LogP contribution is -2.61. The Morgan fingerprint density at radius 3 is 1.40 bits per heavy atom. The molecule has 0 unspecified atom stereocenters. The van der Waals surface area contributed by atoms with Crippen LogP contribution in [-0.4, -0.2) is 20.0 Å². The van der Waals surface area contributed by atoms with Crippen molar-refractivity contribution in [3.8, 4) is 0 Å². The molecule has 0 saturated carbocycles. The molecule has 0 N–H and O–H groups in total. The molecule has 2 rings (SSSR count). The molecule has 2 aromatic carbocycles. The standard InChI is InChI=1S/C20H26N2O2Si/c1-5-17(3)21-23-25(24-22-18(4)6-2,19-13-9-7-10-14-19)20-15-11-8-12-16-20/h7-16H,5-6H2,1-4H3. The molecule has 0 aliphatic rings. The average Bonchev–Trinajstić information content (AvgIpc) is 2.69. The summed E-state index contributed by atoms with van der Waals surface area (Å²) in [5.74, 6) is 0. The van der Waals surface area contributed by atoms with Crippen molar-refractivity contribution in [2.24, 2.45) is 10.3 Å². The van der Waals surface area contributed by atoms with Gasteiger partial charge in [0.25, 0.3) is 0 Å².